The van der Waals surface area contributed by atoms with Gasteiger partial charge in [0.1, 0.15) is 11.6 Å². The van der Waals surface area contributed by atoms with Crippen molar-refractivity contribution in [3.05, 3.63) is 24.0 Å². The van der Waals surface area contributed by atoms with Gasteiger partial charge < -0.3 is 10.5 Å². The van der Waals surface area contributed by atoms with E-state index in [9.17, 15) is 4.39 Å². The van der Waals surface area contributed by atoms with Gasteiger partial charge in [-0.25, -0.2) is 4.39 Å². The van der Waals surface area contributed by atoms with Gasteiger partial charge in [-0.15, -0.1) is 0 Å². The summed E-state index contributed by atoms with van der Waals surface area (Å²) in [6, 6.07) is 4.39. The van der Waals surface area contributed by atoms with Crippen LogP contribution < -0.4 is 10.5 Å². The highest BCUT2D eigenvalue weighted by Gasteiger charge is 2.25. The molecule has 3 atom stereocenters. The third-order valence-corrected chi connectivity index (χ3v) is 3.75. The molecule has 0 saturated heterocycles. The lowest BCUT2D eigenvalue weighted by Gasteiger charge is -2.32. The molecule has 3 heteroatoms. The maximum Gasteiger partial charge on any atom is 0.128 e. The largest absolute Gasteiger partial charge is 0.490 e. The standard InChI is InChI=1S/C14H20FNO/c1-9-3-4-13(5-10(9)2)17-14-7-11(15)6-12(16)8-14/h6-10,13H,3-5,16H2,1-2H3. The van der Waals surface area contributed by atoms with Gasteiger partial charge in [0, 0.05) is 17.8 Å². The Morgan fingerprint density at radius 2 is 1.94 bits per heavy atom. The maximum atomic E-state index is 13.2. The first kappa shape index (κ1) is 12.2. The SMILES string of the molecule is CC1CCC(Oc2cc(N)cc(F)c2)CC1C. The fourth-order valence-corrected chi connectivity index (χ4v) is 2.45. The summed E-state index contributed by atoms with van der Waals surface area (Å²) in [7, 11) is 0. The van der Waals surface area contributed by atoms with E-state index in [2.05, 4.69) is 13.8 Å². The molecule has 2 N–H and O–H groups in total. The zero-order valence-electron chi connectivity index (χ0n) is 10.4. The minimum Gasteiger partial charge on any atom is -0.490 e. The molecular weight excluding hydrogens is 217 g/mol. The summed E-state index contributed by atoms with van der Waals surface area (Å²) in [6.07, 6.45) is 3.46. The van der Waals surface area contributed by atoms with Crippen LogP contribution in [0.4, 0.5) is 10.1 Å². The molecule has 2 nitrogen and oxygen atoms in total. The Morgan fingerprint density at radius 1 is 1.18 bits per heavy atom. The maximum absolute atomic E-state index is 13.2. The molecule has 1 aromatic rings. The minimum absolute atomic E-state index is 0.197. The van der Waals surface area contributed by atoms with Gasteiger partial charge in [0.25, 0.3) is 0 Å². The molecule has 0 bridgehead atoms. The predicted octanol–water partition coefficient (Wildman–Crippen LogP) is 3.61. The van der Waals surface area contributed by atoms with E-state index in [-0.39, 0.29) is 11.9 Å². The zero-order chi connectivity index (χ0) is 12.4. The molecule has 0 aromatic heterocycles. The number of benzene rings is 1. The fourth-order valence-electron chi connectivity index (χ4n) is 2.45. The van der Waals surface area contributed by atoms with Crippen molar-refractivity contribution < 1.29 is 9.13 Å². The van der Waals surface area contributed by atoms with Crippen molar-refractivity contribution in [2.45, 2.75) is 39.2 Å². The van der Waals surface area contributed by atoms with Crippen LogP contribution in [0.5, 0.6) is 5.75 Å². The number of rotatable bonds is 2. The van der Waals surface area contributed by atoms with Crippen LogP contribution in [0.3, 0.4) is 0 Å². The van der Waals surface area contributed by atoms with Crippen molar-refractivity contribution in [1.29, 1.82) is 0 Å². The Kier molecular flexibility index (Phi) is 3.55. The highest BCUT2D eigenvalue weighted by molar-refractivity contribution is 5.44. The average Bonchev–Trinajstić information content (AvgIpc) is 2.22. The van der Waals surface area contributed by atoms with Crippen LogP contribution in [0.15, 0.2) is 18.2 Å². The molecule has 1 aliphatic rings. The molecule has 3 unspecified atom stereocenters. The highest BCUT2D eigenvalue weighted by Crippen LogP contribution is 2.32. The van der Waals surface area contributed by atoms with Gasteiger partial charge in [-0.05, 0) is 37.2 Å². The lowest BCUT2D eigenvalue weighted by Crippen LogP contribution is -2.28. The topological polar surface area (TPSA) is 35.2 Å². The van der Waals surface area contributed by atoms with Crippen molar-refractivity contribution in [1.82, 2.24) is 0 Å². The Labute approximate surface area is 102 Å². The molecule has 0 amide bonds. The molecule has 0 spiro atoms. The summed E-state index contributed by atoms with van der Waals surface area (Å²) in [5, 5.41) is 0. The van der Waals surface area contributed by atoms with Crippen molar-refractivity contribution in [3.63, 3.8) is 0 Å². The van der Waals surface area contributed by atoms with Gasteiger partial charge in [0.2, 0.25) is 0 Å². The summed E-state index contributed by atoms with van der Waals surface area (Å²) in [4.78, 5) is 0. The highest BCUT2D eigenvalue weighted by atomic mass is 19.1. The normalized spacial score (nSPS) is 29.0. The summed E-state index contributed by atoms with van der Waals surface area (Å²) >= 11 is 0. The van der Waals surface area contributed by atoms with Crippen LogP contribution in [0.1, 0.15) is 33.1 Å². The Morgan fingerprint density at radius 3 is 2.59 bits per heavy atom. The number of anilines is 1. The minimum atomic E-state index is -0.336. The molecule has 0 radical (unpaired) electrons. The summed E-state index contributed by atoms with van der Waals surface area (Å²) in [5.74, 6) is 1.64. The van der Waals surface area contributed by atoms with E-state index in [1.165, 1.54) is 18.6 Å². The second kappa shape index (κ2) is 4.94. The molecule has 0 heterocycles. The number of nitrogen functional groups attached to an aromatic ring is 1. The van der Waals surface area contributed by atoms with Gasteiger partial charge in [-0.1, -0.05) is 13.8 Å². The van der Waals surface area contributed by atoms with E-state index in [1.807, 2.05) is 0 Å². The van der Waals surface area contributed by atoms with Crippen LogP contribution in [0, 0.1) is 17.7 Å². The van der Waals surface area contributed by atoms with Crippen LogP contribution in [-0.2, 0) is 0 Å². The van der Waals surface area contributed by atoms with E-state index in [0.717, 1.165) is 18.8 Å². The van der Waals surface area contributed by atoms with Gasteiger partial charge >= 0.3 is 0 Å². The van der Waals surface area contributed by atoms with Gasteiger partial charge in [0.15, 0.2) is 0 Å². The average molecular weight is 237 g/mol. The lowest BCUT2D eigenvalue weighted by molar-refractivity contribution is 0.100. The first-order chi connectivity index (χ1) is 8.04. The summed E-state index contributed by atoms with van der Waals surface area (Å²) < 4.78 is 19.0. The van der Waals surface area contributed by atoms with E-state index in [0.29, 0.717) is 17.4 Å². The van der Waals surface area contributed by atoms with Crippen LogP contribution in [0.25, 0.3) is 0 Å². The summed E-state index contributed by atoms with van der Waals surface area (Å²) in [5.41, 5.74) is 6.01. The number of halogens is 1. The molecule has 94 valence electrons. The predicted molar refractivity (Wildman–Crippen MR) is 67.4 cm³/mol. The molecule has 0 aliphatic heterocycles. The van der Waals surface area contributed by atoms with Crippen molar-refractivity contribution in [2.24, 2.45) is 11.8 Å². The number of hydrogen-bond acceptors (Lipinski definition) is 2. The molecular formula is C14H20FNO. The monoisotopic (exact) mass is 237 g/mol. The molecule has 1 aromatic carbocycles. The fraction of sp³-hybridized carbons (Fsp3) is 0.571. The van der Waals surface area contributed by atoms with Crippen LogP contribution >= 0.6 is 0 Å². The third-order valence-electron chi connectivity index (χ3n) is 3.75. The third kappa shape index (κ3) is 3.11. The second-order valence-corrected chi connectivity index (χ2v) is 5.23. The Bertz CT molecular complexity index is 374. The van der Waals surface area contributed by atoms with Gasteiger partial charge in [-0.3, -0.25) is 0 Å². The number of nitrogens with two attached hydrogens (primary N) is 1. The Hall–Kier alpha value is -1.25. The van der Waals surface area contributed by atoms with Crippen LogP contribution in [-0.4, -0.2) is 6.10 Å². The van der Waals surface area contributed by atoms with E-state index in [1.54, 1.807) is 6.07 Å². The van der Waals surface area contributed by atoms with E-state index in [4.69, 9.17) is 10.5 Å². The van der Waals surface area contributed by atoms with Crippen molar-refractivity contribution in [2.75, 3.05) is 5.73 Å². The first-order valence-corrected chi connectivity index (χ1v) is 6.27. The first-order valence-electron chi connectivity index (χ1n) is 6.27. The van der Waals surface area contributed by atoms with Gasteiger partial charge in [-0.2, -0.15) is 0 Å². The Balaban J connectivity index is 2.01. The molecule has 17 heavy (non-hydrogen) atoms. The van der Waals surface area contributed by atoms with Crippen molar-refractivity contribution >= 4 is 5.69 Å². The summed E-state index contributed by atoms with van der Waals surface area (Å²) in [6.45, 7) is 4.53. The zero-order valence-corrected chi connectivity index (χ0v) is 10.4. The molecule has 1 saturated carbocycles. The smallest absolute Gasteiger partial charge is 0.128 e. The van der Waals surface area contributed by atoms with Crippen molar-refractivity contribution in [3.8, 4) is 5.75 Å². The number of hydrogen-bond donors (Lipinski definition) is 1. The molecule has 1 fully saturated rings. The quantitative estimate of drug-likeness (QED) is 0.797. The van der Waals surface area contributed by atoms with E-state index < -0.39 is 0 Å². The van der Waals surface area contributed by atoms with Gasteiger partial charge in [0.05, 0.1) is 6.10 Å². The molecule has 2 rings (SSSR count). The van der Waals surface area contributed by atoms with E-state index >= 15 is 0 Å². The molecule has 1 aliphatic carbocycles. The van der Waals surface area contributed by atoms with Crippen LogP contribution in [0.2, 0.25) is 0 Å². The lowest BCUT2D eigenvalue weighted by atomic mass is 9.80. The second-order valence-electron chi connectivity index (χ2n) is 5.23. The number of ether oxygens (including phenoxy) is 1.